The van der Waals surface area contributed by atoms with E-state index in [4.69, 9.17) is 0 Å². The van der Waals surface area contributed by atoms with E-state index in [0.717, 1.165) is 12.8 Å². The van der Waals surface area contributed by atoms with Crippen molar-refractivity contribution in [1.82, 2.24) is 0 Å². The molecule has 0 saturated heterocycles. The third kappa shape index (κ3) is 10.9. The van der Waals surface area contributed by atoms with Crippen molar-refractivity contribution in [2.45, 2.75) is 32.8 Å². The SMILES string of the molecule is CCCC(C)[O-].[Na+]. The first-order valence-corrected chi connectivity index (χ1v) is 2.43. The molecule has 0 aromatic heterocycles. The second-order valence-electron chi connectivity index (χ2n) is 1.60. The summed E-state index contributed by atoms with van der Waals surface area (Å²) >= 11 is 0. The predicted octanol–water partition coefficient (Wildman–Crippen LogP) is -2.46. The Morgan fingerprint density at radius 3 is 2.00 bits per heavy atom. The average Bonchev–Trinajstić information content (AvgIpc) is 1.35. The molecule has 0 aliphatic heterocycles. The van der Waals surface area contributed by atoms with Crippen molar-refractivity contribution in [3.05, 3.63) is 0 Å². The van der Waals surface area contributed by atoms with Gasteiger partial charge in [0.15, 0.2) is 0 Å². The summed E-state index contributed by atoms with van der Waals surface area (Å²) in [5, 5.41) is 10.1. The summed E-state index contributed by atoms with van der Waals surface area (Å²) in [7, 11) is 0. The van der Waals surface area contributed by atoms with E-state index in [0.29, 0.717) is 0 Å². The Balaban J connectivity index is 0. The van der Waals surface area contributed by atoms with E-state index in [-0.39, 0.29) is 35.7 Å². The van der Waals surface area contributed by atoms with Crippen molar-refractivity contribution in [3.63, 3.8) is 0 Å². The average molecular weight is 110 g/mol. The van der Waals surface area contributed by atoms with Gasteiger partial charge in [-0.05, 0) is 0 Å². The molecule has 0 spiro atoms. The zero-order valence-corrected chi connectivity index (χ0v) is 7.40. The van der Waals surface area contributed by atoms with Crippen LogP contribution in [0.25, 0.3) is 0 Å². The van der Waals surface area contributed by atoms with Crippen LogP contribution in [0.1, 0.15) is 26.7 Å². The van der Waals surface area contributed by atoms with E-state index < -0.39 is 0 Å². The van der Waals surface area contributed by atoms with E-state index >= 15 is 0 Å². The van der Waals surface area contributed by atoms with Crippen molar-refractivity contribution in [1.29, 1.82) is 0 Å². The zero-order valence-electron chi connectivity index (χ0n) is 5.40. The second-order valence-corrected chi connectivity index (χ2v) is 1.60. The molecule has 0 aliphatic carbocycles. The molecule has 0 saturated carbocycles. The Hall–Kier alpha value is 0.960. The minimum Gasteiger partial charge on any atom is -0.852 e. The standard InChI is InChI=1S/C5H11O.Na/c1-3-4-5(2)6;/h5H,3-4H2,1-2H3;/q-1;+1. The summed E-state index contributed by atoms with van der Waals surface area (Å²) in [6, 6.07) is 0. The number of hydrogen-bond donors (Lipinski definition) is 0. The molecule has 1 atom stereocenters. The predicted molar refractivity (Wildman–Crippen MR) is 24.4 cm³/mol. The molecule has 0 aromatic carbocycles. The van der Waals surface area contributed by atoms with Crippen LogP contribution in [0.15, 0.2) is 0 Å². The van der Waals surface area contributed by atoms with Crippen LogP contribution in [-0.4, -0.2) is 6.10 Å². The summed E-state index contributed by atoms with van der Waals surface area (Å²) in [6.07, 6.45) is 1.49. The van der Waals surface area contributed by atoms with Crippen molar-refractivity contribution in [2.75, 3.05) is 0 Å². The largest absolute Gasteiger partial charge is 1.00 e. The van der Waals surface area contributed by atoms with E-state index in [1.54, 1.807) is 6.92 Å². The molecule has 2 heteroatoms. The molecule has 0 aliphatic rings. The van der Waals surface area contributed by atoms with Crippen LogP contribution in [0.4, 0.5) is 0 Å². The molecule has 0 aromatic rings. The van der Waals surface area contributed by atoms with Gasteiger partial charge in [0.05, 0.1) is 0 Å². The summed E-state index contributed by atoms with van der Waals surface area (Å²) < 4.78 is 0. The Morgan fingerprint density at radius 1 is 1.57 bits per heavy atom. The van der Waals surface area contributed by atoms with Gasteiger partial charge in [-0.15, -0.1) is 6.10 Å². The molecule has 0 rings (SSSR count). The molecule has 0 N–H and O–H groups in total. The number of hydrogen-bond acceptors (Lipinski definition) is 1. The third-order valence-electron chi connectivity index (χ3n) is 0.695. The summed E-state index contributed by atoms with van der Waals surface area (Å²) in [6.45, 7) is 3.72. The minimum atomic E-state index is -0.352. The fraction of sp³-hybridized carbons (Fsp3) is 1.00. The van der Waals surface area contributed by atoms with Gasteiger partial charge < -0.3 is 5.11 Å². The first kappa shape index (κ1) is 10.9. The summed E-state index contributed by atoms with van der Waals surface area (Å²) in [5.41, 5.74) is 0. The molecule has 1 nitrogen and oxygen atoms in total. The van der Waals surface area contributed by atoms with Gasteiger partial charge in [0.25, 0.3) is 0 Å². The Kier molecular flexibility index (Phi) is 10.8. The summed E-state index contributed by atoms with van der Waals surface area (Å²) in [5.74, 6) is 0. The van der Waals surface area contributed by atoms with E-state index in [1.807, 2.05) is 6.92 Å². The summed E-state index contributed by atoms with van der Waals surface area (Å²) in [4.78, 5) is 0. The van der Waals surface area contributed by atoms with Gasteiger partial charge in [-0.1, -0.05) is 26.7 Å². The zero-order chi connectivity index (χ0) is 4.99. The molecule has 38 valence electrons. The fourth-order valence-electron chi connectivity index (χ4n) is 0.407. The van der Waals surface area contributed by atoms with Crippen LogP contribution < -0.4 is 34.7 Å². The monoisotopic (exact) mass is 110 g/mol. The molecule has 0 fully saturated rings. The van der Waals surface area contributed by atoms with Gasteiger partial charge in [0.1, 0.15) is 0 Å². The van der Waals surface area contributed by atoms with Gasteiger partial charge in [-0.25, -0.2) is 0 Å². The molecule has 0 bridgehead atoms. The van der Waals surface area contributed by atoms with Gasteiger partial charge in [0.2, 0.25) is 0 Å². The maximum Gasteiger partial charge on any atom is 1.00 e. The number of rotatable bonds is 2. The maximum atomic E-state index is 10.1. The Morgan fingerprint density at radius 2 is 2.00 bits per heavy atom. The first-order chi connectivity index (χ1) is 2.77. The fourth-order valence-corrected chi connectivity index (χ4v) is 0.407. The Labute approximate surface area is 67.4 Å². The van der Waals surface area contributed by atoms with Gasteiger partial charge >= 0.3 is 29.6 Å². The molecule has 0 heterocycles. The topological polar surface area (TPSA) is 23.1 Å². The van der Waals surface area contributed by atoms with Crippen molar-refractivity contribution in [2.24, 2.45) is 0 Å². The molecular weight excluding hydrogens is 99.0 g/mol. The van der Waals surface area contributed by atoms with Crippen LogP contribution in [0, 0.1) is 0 Å². The quantitative estimate of drug-likeness (QED) is 0.361. The van der Waals surface area contributed by atoms with Crippen LogP contribution in [0.5, 0.6) is 0 Å². The molecule has 0 amide bonds. The van der Waals surface area contributed by atoms with Gasteiger partial charge in [-0.3, -0.25) is 0 Å². The minimum absolute atomic E-state index is 0. The first-order valence-electron chi connectivity index (χ1n) is 2.43. The molecule has 0 radical (unpaired) electrons. The van der Waals surface area contributed by atoms with E-state index in [1.165, 1.54) is 0 Å². The van der Waals surface area contributed by atoms with Gasteiger partial charge in [0, 0.05) is 0 Å². The molecule has 7 heavy (non-hydrogen) atoms. The second kappa shape index (κ2) is 6.96. The van der Waals surface area contributed by atoms with E-state index in [9.17, 15) is 5.11 Å². The normalized spacial score (nSPS) is 12.4. The van der Waals surface area contributed by atoms with Crippen LogP contribution in [-0.2, 0) is 0 Å². The van der Waals surface area contributed by atoms with Crippen LogP contribution in [0.3, 0.4) is 0 Å². The van der Waals surface area contributed by atoms with Crippen LogP contribution in [0.2, 0.25) is 0 Å². The van der Waals surface area contributed by atoms with Crippen molar-refractivity contribution >= 4 is 0 Å². The van der Waals surface area contributed by atoms with Gasteiger partial charge in [-0.2, -0.15) is 0 Å². The van der Waals surface area contributed by atoms with Crippen molar-refractivity contribution in [3.8, 4) is 0 Å². The third-order valence-corrected chi connectivity index (χ3v) is 0.695. The smallest absolute Gasteiger partial charge is 0.852 e. The van der Waals surface area contributed by atoms with Crippen LogP contribution >= 0.6 is 0 Å². The Bertz CT molecular complexity index is 29.3. The maximum absolute atomic E-state index is 10.1. The van der Waals surface area contributed by atoms with E-state index in [2.05, 4.69) is 0 Å². The van der Waals surface area contributed by atoms with Crippen molar-refractivity contribution < 1.29 is 34.7 Å². The molecule has 1 unspecified atom stereocenters. The molecular formula is C5H11NaO.